The van der Waals surface area contributed by atoms with E-state index in [0.717, 1.165) is 6.08 Å². The molecule has 0 saturated heterocycles. The second-order valence-corrected chi connectivity index (χ2v) is 5.49. The van der Waals surface area contributed by atoms with Gasteiger partial charge in [0, 0.05) is 17.9 Å². The van der Waals surface area contributed by atoms with Crippen molar-refractivity contribution in [1.82, 2.24) is 0 Å². The molecule has 2 atom stereocenters. The molecule has 0 aromatic carbocycles. The van der Waals surface area contributed by atoms with Gasteiger partial charge in [-0.05, 0) is 37.1 Å². The first kappa shape index (κ1) is 16.3. The highest BCUT2D eigenvalue weighted by Gasteiger charge is 2.50. The predicted molar refractivity (Wildman–Crippen MR) is 72.9 cm³/mol. The summed E-state index contributed by atoms with van der Waals surface area (Å²) in [5.74, 6) is -1.32. The van der Waals surface area contributed by atoms with E-state index in [1.54, 1.807) is 13.8 Å². The van der Waals surface area contributed by atoms with Gasteiger partial charge >= 0.3 is 5.97 Å². The van der Waals surface area contributed by atoms with Crippen molar-refractivity contribution in [3.63, 3.8) is 0 Å². The average Bonchev–Trinajstić information content (AvgIpc) is 2.33. The molecule has 1 rings (SSSR count). The Morgan fingerprint density at radius 1 is 1.55 bits per heavy atom. The normalized spacial score (nSPS) is 31.6. The van der Waals surface area contributed by atoms with E-state index in [1.165, 1.54) is 25.2 Å². The van der Waals surface area contributed by atoms with Gasteiger partial charge in [0.1, 0.15) is 5.60 Å². The predicted octanol–water partition coefficient (Wildman–Crippen LogP) is 2.20. The number of carboxylic acid groups (broad SMARTS) is 1. The number of rotatable bonds is 4. The number of hydrogen-bond donors (Lipinski definition) is 2. The molecule has 0 unspecified atom stereocenters. The quantitative estimate of drug-likeness (QED) is 0.612. The number of alkyl halides is 1. The number of allylic oxidation sites excluding steroid dienone is 3. The van der Waals surface area contributed by atoms with Crippen LogP contribution in [0, 0.1) is 5.41 Å². The SMILES string of the molecule is CC1=CC(=O)C[C@@](C)(CF)[C@@]1(O)/C=C/C(C)=C\C(=O)O. The van der Waals surface area contributed by atoms with Crippen molar-refractivity contribution in [2.24, 2.45) is 5.41 Å². The zero-order valence-corrected chi connectivity index (χ0v) is 11.8. The van der Waals surface area contributed by atoms with E-state index >= 15 is 0 Å². The van der Waals surface area contributed by atoms with Gasteiger partial charge < -0.3 is 10.2 Å². The minimum Gasteiger partial charge on any atom is -0.478 e. The summed E-state index contributed by atoms with van der Waals surface area (Å²) >= 11 is 0. The lowest BCUT2D eigenvalue weighted by atomic mass is 9.64. The van der Waals surface area contributed by atoms with Gasteiger partial charge in [0.2, 0.25) is 0 Å². The fraction of sp³-hybridized carbons (Fsp3) is 0.467. The highest BCUT2D eigenvalue weighted by atomic mass is 19.1. The van der Waals surface area contributed by atoms with Gasteiger partial charge in [0.05, 0.1) is 6.67 Å². The van der Waals surface area contributed by atoms with Gasteiger partial charge in [-0.2, -0.15) is 0 Å². The first-order valence-corrected chi connectivity index (χ1v) is 6.25. The summed E-state index contributed by atoms with van der Waals surface area (Å²) in [6, 6.07) is 0. The Balaban J connectivity index is 3.22. The summed E-state index contributed by atoms with van der Waals surface area (Å²) in [6.07, 6.45) is 4.98. The molecular formula is C15H19FO4. The smallest absolute Gasteiger partial charge is 0.328 e. The van der Waals surface area contributed by atoms with Gasteiger partial charge in [-0.25, -0.2) is 4.79 Å². The summed E-state index contributed by atoms with van der Waals surface area (Å²) in [5, 5.41) is 19.4. The fourth-order valence-electron chi connectivity index (χ4n) is 2.37. The number of carbonyl (C=O) groups excluding carboxylic acids is 1. The zero-order chi connectivity index (χ0) is 15.6. The van der Waals surface area contributed by atoms with E-state index in [4.69, 9.17) is 5.11 Å². The van der Waals surface area contributed by atoms with Crippen LogP contribution in [0.2, 0.25) is 0 Å². The van der Waals surface area contributed by atoms with E-state index in [0.29, 0.717) is 11.1 Å². The Bertz CT molecular complexity index is 518. The fourth-order valence-corrected chi connectivity index (χ4v) is 2.37. The number of hydrogen-bond acceptors (Lipinski definition) is 3. The van der Waals surface area contributed by atoms with Gasteiger partial charge in [-0.15, -0.1) is 0 Å². The molecule has 0 aliphatic heterocycles. The van der Waals surface area contributed by atoms with E-state index in [-0.39, 0.29) is 12.2 Å². The molecule has 1 aliphatic carbocycles. The molecule has 110 valence electrons. The Hall–Kier alpha value is -1.75. The third-order valence-electron chi connectivity index (χ3n) is 3.70. The van der Waals surface area contributed by atoms with Crippen molar-refractivity contribution >= 4 is 11.8 Å². The molecule has 0 aromatic rings. The van der Waals surface area contributed by atoms with Crippen LogP contribution in [0.15, 0.2) is 35.5 Å². The van der Waals surface area contributed by atoms with Crippen LogP contribution in [0.3, 0.4) is 0 Å². The number of aliphatic carboxylic acids is 1. The summed E-state index contributed by atoms with van der Waals surface area (Å²) in [4.78, 5) is 22.1. The lowest BCUT2D eigenvalue weighted by Crippen LogP contribution is -2.51. The van der Waals surface area contributed by atoms with E-state index in [9.17, 15) is 19.1 Å². The van der Waals surface area contributed by atoms with Crippen LogP contribution in [0.5, 0.6) is 0 Å². The minimum atomic E-state index is -1.61. The molecular weight excluding hydrogens is 263 g/mol. The van der Waals surface area contributed by atoms with Crippen LogP contribution in [0.1, 0.15) is 27.2 Å². The van der Waals surface area contributed by atoms with E-state index in [2.05, 4.69) is 0 Å². The monoisotopic (exact) mass is 282 g/mol. The van der Waals surface area contributed by atoms with Crippen LogP contribution in [-0.2, 0) is 9.59 Å². The van der Waals surface area contributed by atoms with Crippen molar-refractivity contribution < 1.29 is 24.2 Å². The highest BCUT2D eigenvalue weighted by molar-refractivity contribution is 5.93. The Morgan fingerprint density at radius 2 is 2.15 bits per heavy atom. The number of aliphatic hydroxyl groups is 1. The average molecular weight is 282 g/mol. The highest BCUT2D eigenvalue weighted by Crippen LogP contribution is 2.45. The van der Waals surface area contributed by atoms with Crippen molar-refractivity contribution in [2.75, 3.05) is 6.67 Å². The molecule has 5 heteroatoms. The molecule has 0 fully saturated rings. The van der Waals surface area contributed by atoms with Gasteiger partial charge in [0.25, 0.3) is 0 Å². The maximum atomic E-state index is 13.4. The first-order valence-electron chi connectivity index (χ1n) is 6.25. The molecule has 0 radical (unpaired) electrons. The zero-order valence-electron chi connectivity index (χ0n) is 11.8. The largest absolute Gasteiger partial charge is 0.478 e. The Labute approximate surface area is 117 Å². The first-order chi connectivity index (χ1) is 9.14. The van der Waals surface area contributed by atoms with Gasteiger partial charge in [0.15, 0.2) is 5.78 Å². The molecule has 0 spiro atoms. The molecule has 0 bridgehead atoms. The summed E-state index contributed by atoms with van der Waals surface area (Å²) in [5.41, 5.74) is -2.09. The van der Waals surface area contributed by atoms with Crippen molar-refractivity contribution in [3.05, 3.63) is 35.5 Å². The maximum absolute atomic E-state index is 13.4. The number of ketones is 1. The summed E-state index contributed by atoms with van der Waals surface area (Å²) < 4.78 is 13.4. The van der Waals surface area contributed by atoms with Crippen LogP contribution in [0.25, 0.3) is 0 Å². The molecule has 0 heterocycles. The molecule has 0 aromatic heterocycles. The molecule has 2 N–H and O–H groups in total. The lowest BCUT2D eigenvalue weighted by molar-refractivity contribution is -0.131. The minimum absolute atomic E-state index is 0.0939. The molecule has 0 saturated carbocycles. The number of halogens is 1. The summed E-state index contributed by atoms with van der Waals surface area (Å²) in [6.45, 7) is 3.77. The van der Waals surface area contributed by atoms with E-state index < -0.39 is 23.7 Å². The van der Waals surface area contributed by atoms with Crippen LogP contribution < -0.4 is 0 Å². The lowest BCUT2D eigenvalue weighted by Gasteiger charge is -2.44. The molecule has 1 aliphatic rings. The number of carbonyl (C=O) groups is 2. The van der Waals surface area contributed by atoms with Gasteiger partial charge in [-0.1, -0.05) is 13.0 Å². The van der Waals surface area contributed by atoms with Crippen LogP contribution in [-0.4, -0.2) is 34.2 Å². The maximum Gasteiger partial charge on any atom is 0.328 e. The number of carboxylic acids is 1. The van der Waals surface area contributed by atoms with Crippen LogP contribution >= 0.6 is 0 Å². The second kappa shape index (κ2) is 5.71. The topological polar surface area (TPSA) is 74.6 Å². The summed E-state index contributed by atoms with van der Waals surface area (Å²) in [7, 11) is 0. The molecule has 0 amide bonds. The standard InChI is InChI=1S/C15H19FO4/c1-10(6-13(18)19)4-5-15(20)11(2)7-12(17)8-14(15,3)9-16/h4-7,20H,8-9H2,1-3H3,(H,18,19)/b5-4+,10-6-/t14-,15+/m0/s1. The van der Waals surface area contributed by atoms with Crippen molar-refractivity contribution in [3.8, 4) is 0 Å². The Kier molecular flexibility index (Phi) is 4.65. The van der Waals surface area contributed by atoms with Crippen molar-refractivity contribution in [2.45, 2.75) is 32.8 Å². The second-order valence-electron chi connectivity index (χ2n) is 5.49. The van der Waals surface area contributed by atoms with E-state index in [1.807, 2.05) is 0 Å². The Morgan fingerprint density at radius 3 is 2.65 bits per heavy atom. The third-order valence-corrected chi connectivity index (χ3v) is 3.70. The van der Waals surface area contributed by atoms with Crippen LogP contribution in [0.4, 0.5) is 4.39 Å². The molecule has 4 nitrogen and oxygen atoms in total. The van der Waals surface area contributed by atoms with Crippen molar-refractivity contribution in [1.29, 1.82) is 0 Å². The molecule has 20 heavy (non-hydrogen) atoms. The third kappa shape index (κ3) is 3.04. The van der Waals surface area contributed by atoms with Gasteiger partial charge in [-0.3, -0.25) is 9.18 Å².